The molecule has 3 heterocycles. The number of nitrogens with zero attached hydrogens (tertiary/aromatic N) is 5. The molecule has 0 spiro atoms. The minimum absolute atomic E-state index is 0.00106. The molecule has 0 amide bonds. The highest BCUT2D eigenvalue weighted by atomic mass is 32.2. The molecule has 4 rings (SSSR count). The number of thioether (sulfide) groups is 1. The molecule has 242 valence electrons. The van der Waals surface area contributed by atoms with E-state index in [2.05, 4.69) is 19.3 Å². The number of aromatic nitrogens is 4. The molecular formula is C21H28N6O14P2S. The number of phosphoric acid groups is 2. The van der Waals surface area contributed by atoms with Crippen molar-refractivity contribution in [3.05, 3.63) is 34.1 Å². The second-order valence-corrected chi connectivity index (χ2v) is 12.8. The van der Waals surface area contributed by atoms with Crippen molar-refractivity contribution < 1.29 is 61.6 Å². The van der Waals surface area contributed by atoms with E-state index in [1.807, 2.05) is 0 Å². The molecule has 3 aromatic rings. The van der Waals surface area contributed by atoms with Crippen molar-refractivity contribution in [1.82, 2.24) is 19.5 Å². The zero-order chi connectivity index (χ0) is 32.6. The highest BCUT2D eigenvalue weighted by molar-refractivity contribution is 7.98. The Morgan fingerprint density at radius 2 is 1.82 bits per heavy atom. The number of anilines is 1. The average molecular weight is 682 g/mol. The van der Waals surface area contributed by atoms with Crippen molar-refractivity contribution in [3.8, 4) is 11.5 Å². The number of nitro benzene ring substituents is 1. The Balaban J connectivity index is 1.44. The van der Waals surface area contributed by atoms with E-state index in [0.29, 0.717) is 5.16 Å². The summed E-state index contributed by atoms with van der Waals surface area (Å²) in [5.41, 5.74) is 5.48. The van der Waals surface area contributed by atoms with Crippen LogP contribution in [0, 0.1) is 10.1 Å². The number of ether oxygens (including phenoxy) is 3. The van der Waals surface area contributed by atoms with E-state index in [1.54, 1.807) is 6.26 Å². The van der Waals surface area contributed by atoms with Crippen LogP contribution in [0.3, 0.4) is 0 Å². The zero-order valence-electron chi connectivity index (χ0n) is 23.3. The van der Waals surface area contributed by atoms with Gasteiger partial charge in [-0.2, -0.15) is 4.31 Å². The number of aliphatic hydroxyl groups excluding tert-OH is 2. The fourth-order valence-electron chi connectivity index (χ4n) is 4.26. The smallest absolute Gasteiger partial charge is 0.481 e. The maximum Gasteiger partial charge on any atom is 0.481 e. The molecule has 1 aromatic carbocycles. The van der Waals surface area contributed by atoms with Crippen LogP contribution in [0.2, 0.25) is 0 Å². The molecule has 0 bridgehead atoms. The molecule has 1 fully saturated rings. The van der Waals surface area contributed by atoms with Crippen molar-refractivity contribution in [2.24, 2.45) is 0 Å². The Morgan fingerprint density at radius 1 is 1.16 bits per heavy atom. The summed E-state index contributed by atoms with van der Waals surface area (Å²) in [5, 5.41) is 33.0. The lowest BCUT2D eigenvalue weighted by molar-refractivity contribution is -0.386. The number of rotatable bonds is 13. The predicted molar refractivity (Wildman–Crippen MR) is 150 cm³/mol. The van der Waals surface area contributed by atoms with Gasteiger partial charge in [0.1, 0.15) is 23.8 Å². The molecule has 20 nitrogen and oxygen atoms in total. The number of nitrogens with two attached hydrogens (primary N) is 1. The number of nitrogen functional groups attached to an aromatic ring is 1. The van der Waals surface area contributed by atoms with Gasteiger partial charge < -0.3 is 39.9 Å². The van der Waals surface area contributed by atoms with E-state index in [9.17, 15) is 39.2 Å². The maximum atomic E-state index is 12.6. The van der Waals surface area contributed by atoms with Crippen molar-refractivity contribution in [2.45, 2.75) is 42.7 Å². The van der Waals surface area contributed by atoms with E-state index in [-0.39, 0.29) is 34.0 Å². The Kier molecular flexibility index (Phi) is 10.2. The van der Waals surface area contributed by atoms with Crippen LogP contribution < -0.4 is 15.2 Å². The highest BCUT2D eigenvalue weighted by Crippen LogP contribution is 2.62. The number of hydrogen-bond acceptors (Lipinski definition) is 17. The predicted octanol–water partition coefficient (Wildman–Crippen LogP) is 1.69. The molecule has 2 aromatic heterocycles. The van der Waals surface area contributed by atoms with Crippen LogP contribution in [0.5, 0.6) is 11.5 Å². The van der Waals surface area contributed by atoms with Crippen molar-refractivity contribution in [2.75, 3.05) is 32.8 Å². The van der Waals surface area contributed by atoms with Crippen molar-refractivity contribution in [1.29, 1.82) is 0 Å². The third-order valence-corrected chi connectivity index (χ3v) is 9.55. The first-order chi connectivity index (χ1) is 20.6. The minimum atomic E-state index is -5.43. The van der Waals surface area contributed by atoms with Crippen LogP contribution in [0.4, 0.5) is 11.5 Å². The van der Waals surface area contributed by atoms with Crippen LogP contribution in [0.15, 0.2) is 23.6 Å². The molecule has 7 atom stereocenters. The molecule has 44 heavy (non-hydrogen) atoms. The standard InChI is InChI=1S/C21H28N6O14P2S/c1-9(10-5-12(36-2)13(37-3)6-11(10)27(30)31)40-43(34,35)41-42(32,33)38-7-14-16(28)17(29)20(39-14)26-8-23-15-18(22)24-21(44-4)25-19(15)26/h5-6,8-9,14,16-17,20,28-29H,7H2,1-4H3,(H,32,33)(H,34,35)(H2,22,24,25)/t9?,14-,16-,17-,20-/m1/s1. The lowest BCUT2D eigenvalue weighted by atomic mass is 10.1. The van der Waals surface area contributed by atoms with Gasteiger partial charge in [0, 0.05) is 0 Å². The SMILES string of the molecule is COc1cc(C(C)OP(=O)(O)OP(=O)(O)OC[C@H]2O[C@@H](n3cnc4c(N)nc(SC)nc43)[C@H](O)[C@@H]2O)c([N+](=O)[O-])cc1OC. The van der Waals surface area contributed by atoms with Gasteiger partial charge in [-0.3, -0.25) is 23.7 Å². The van der Waals surface area contributed by atoms with Gasteiger partial charge in [0.2, 0.25) is 0 Å². The topological polar surface area (TPSA) is 283 Å². The molecular weight excluding hydrogens is 654 g/mol. The molecule has 6 N–H and O–H groups in total. The summed E-state index contributed by atoms with van der Waals surface area (Å²) in [7, 11) is -8.33. The Morgan fingerprint density at radius 3 is 2.43 bits per heavy atom. The Labute approximate surface area is 252 Å². The minimum Gasteiger partial charge on any atom is -0.493 e. The summed E-state index contributed by atoms with van der Waals surface area (Å²) >= 11 is 1.19. The fourth-order valence-corrected chi connectivity index (χ4v) is 6.86. The maximum absolute atomic E-state index is 12.6. The number of hydrogen-bond donors (Lipinski definition) is 5. The molecule has 1 saturated heterocycles. The number of nitro groups is 1. The van der Waals surface area contributed by atoms with Gasteiger partial charge in [-0.05, 0) is 19.2 Å². The van der Waals surface area contributed by atoms with Crippen LogP contribution in [-0.2, 0) is 27.2 Å². The molecule has 3 unspecified atom stereocenters. The summed E-state index contributed by atoms with van der Waals surface area (Å²) in [6.45, 7) is 0.243. The van der Waals surface area contributed by atoms with Gasteiger partial charge in [0.15, 0.2) is 34.3 Å². The molecule has 1 aliphatic rings. The number of methoxy groups -OCH3 is 2. The van der Waals surface area contributed by atoms with Gasteiger partial charge in [-0.15, -0.1) is 0 Å². The largest absolute Gasteiger partial charge is 0.493 e. The van der Waals surface area contributed by atoms with E-state index < -0.39 is 63.5 Å². The summed E-state index contributed by atoms with van der Waals surface area (Å²) < 4.78 is 56.2. The van der Waals surface area contributed by atoms with Gasteiger partial charge in [0.05, 0.1) is 49.8 Å². The van der Waals surface area contributed by atoms with Crippen LogP contribution in [0.25, 0.3) is 11.2 Å². The van der Waals surface area contributed by atoms with Crippen LogP contribution in [-0.4, -0.2) is 89.8 Å². The van der Waals surface area contributed by atoms with E-state index in [4.69, 9.17) is 29.0 Å². The third kappa shape index (κ3) is 7.13. The molecule has 0 aliphatic carbocycles. The van der Waals surface area contributed by atoms with Crippen LogP contribution >= 0.6 is 27.4 Å². The number of fused-ring (bicyclic) bond motifs is 1. The second-order valence-electron chi connectivity index (χ2n) is 9.05. The number of phosphoric ester groups is 2. The molecule has 23 heteroatoms. The molecule has 0 radical (unpaired) electrons. The van der Waals surface area contributed by atoms with E-state index in [1.165, 1.54) is 36.9 Å². The summed E-state index contributed by atoms with van der Waals surface area (Å²) in [4.78, 5) is 43.5. The average Bonchev–Trinajstić information content (AvgIpc) is 3.50. The number of imidazole rings is 1. The summed E-state index contributed by atoms with van der Waals surface area (Å²) in [6.07, 6.45) is -4.59. The van der Waals surface area contributed by atoms with Gasteiger partial charge >= 0.3 is 15.6 Å². The first-order valence-electron chi connectivity index (χ1n) is 12.3. The quantitative estimate of drug-likeness (QED) is 0.0563. The van der Waals surface area contributed by atoms with Gasteiger partial charge in [-0.1, -0.05) is 11.8 Å². The first-order valence-corrected chi connectivity index (χ1v) is 16.5. The fraction of sp³-hybridized carbons (Fsp3) is 0.476. The number of aliphatic hydroxyl groups is 2. The third-order valence-electron chi connectivity index (χ3n) is 6.29. The van der Waals surface area contributed by atoms with Crippen LogP contribution in [0.1, 0.15) is 24.8 Å². The molecule has 0 saturated carbocycles. The van der Waals surface area contributed by atoms with Gasteiger partial charge in [-0.25, -0.2) is 24.1 Å². The van der Waals surface area contributed by atoms with E-state index >= 15 is 0 Å². The first kappa shape index (κ1) is 33.9. The second kappa shape index (κ2) is 13.2. The summed E-state index contributed by atoms with van der Waals surface area (Å²) in [6, 6.07) is 2.13. The van der Waals surface area contributed by atoms with Crippen molar-refractivity contribution >= 4 is 50.1 Å². The summed E-state index contributed by atoms with van der Waals surface area (Å²) in [5.74, 6) is 0.0993. The monoisotopic (exact) mass is 682 g/mol. The Bertz CT molecular complexity index is 1640. The lowest BCUT2D eigenvalue weighted by Crippen LogP contribution is -2.33. The zero-order valence-corrected chi connectivity index (χ0v) is 25.9. The van der Waals surface area contributed by atoms with E-state index in [0.717, 1.165) is 19.1 Å². The van der Waals surface area contributed by atoms with Gasteiger partial charge in [0.25, 0.3) is 5.69 Å². The highest BCUT2D eigenvalue weighted by Gasteiger charge is 2.46. The molecule has 1 aliphatic heterocycles. The Hall–Kier alpha value is -2.94. The van der Waals surface area contributed by atoms with Crippen molar-refractivity contribution in [3.63, 3.8) is 0 Å². The lowest BCUT2D eigenvalue weighted by Gasteiger charge is -2.21. The normalized spacial score (nSPS) is 23.6. The number of benzene rings is 1.